The molecule has 1 aliphatic rings. The van der Waals surface area contributed by atoms with E-state index in [1.54, 1.807) is 0 Å². The second-order valence-corrected chi connectivity index (χ2v) is 3.17. The van der Waals surface area contributed by atoms with E-state index in [0.717, 1.165) is 12.8 Å². The summed E-state index contributed by atoms with van der Waals surface area (Å²) in [6.07, 6.45) is 5.80. The molecule has 0 radical (unpaired) electrons. The second-order valence-electron chi connectivity index (χ2n) is 3.17. The van der Waals surface area contributed by atoms with E-state index in [9.17, 15) is 0 Å². The molecule has 0 spiro atoms. The van der Waals surface area contributed by atoms with Crippen LogP contribution in [0.2, 0.25) is 0 Å². The monoisotopic (exact) mass is 144 g/mol. The Labute approximate surface area is 61.9 Å². The molecule has 0 aromatic carbocycles. The average molecular weight is 144 g/mol. The minimum atomic E-state index is -1.07. The van der Waals surface area contributed by atoms with Crippen molar-refractivity contribution in [3.8, 4) is 0 Å². The molecule has 0 heterocycles. The van der Waals surface area contributed by atoms with Gasteiger partial charge in [0.2, 0.25) is 0 Å². The molecule has 0 atom stereocenters. The van der Waals surface area contributed by atoms with Gasteiger partial charge in [0.1, 0.15) is 0 Å². The molecule has 1 aliphatic carbocycles. The fourth-order valence-electron chi connectivity index (χ4n) is 1.61. The first-order chi connectivity index (χ1) is 4.80. The van der Waals surface area contributed by atoms with Crippen molar-refractivity contribution >= 4 is 0 Å². The molecular weight excluding hydrogens is 128 g/mol. The molecule has 0 bridgehead atoms. The molecule has 0 saturated heterocycles. The van der Waals surface area contributed by atoms with E-state index in [2.05, 4.69) is 0 Å². The number of hydrogen-bond acceptors (Lipinski definition) is 2. The molecule has 2 heteroatoms. The van der Waals surface area contributed by atoms with Crippen LogP contribution in [-0.4, -0.2) is 16.5 Å². The van der Waals surface area contributed by atoms with Gasteiger partial charge in [-0.15, -0.1) is 0 Å². The van der Waals surface area contributed by atoms with Crippen LogP contribution in [0.4, 0.5) is 0 Å². The molecule has 1 saturated carbocycles. The van der Waals surface area contributed by atoms with Crippen molar-refractivity contribution in [1.82, 2.24) is 0 Å². The van der Waals surface area contributed by atoms with Gasteiger partial charge in [0.05, 0.1) is 0 Å². The Kier molecular flexibility index (Phi) is 3.16. The lowest BCUT2D eigenvalue weighted by Gasteiger charge is -2.14. The average Bonchev–Trinajstić information content (AvgIpc) is 2.12. The Bertz CT molecular complexity index is 83.3. The zero-order valence-corrected chi connectivity index (χ0v) is 6.29. The van der Waals surface area contributed by atoms with Crippen molar-refractivity contribution in [2.75, 3.05) is 0 Å². The summed E-state index contributed by atoms with van der Waals surface area (Å²) in [4.78, 5) is 0. The van der Waals surface area contributed by atoms with Crippen molar-refractivity contribution < 1.29 is 10.2 Å². The first kappa shape index (κ1) is 8.02. The highest BCUT2D eigenvalue weighted by atomic mass is 16.5. The topological polar surface area (TPSA) is 40.5 Å². The van der Waals surface area contributed by atoms with E-state index in [-0.39, 0.29) is 5.92 Å². The largest absolute Gasteiger partial charge is 0.368 e. The van der Waals surface area contributed by atoms with Crippen molar-refractivity contribution in [3.05, 3.63) is 0 Å². The number of hydrogen-bond donors (Lipinski definition) is 2. The number of aliphatic hydroxyl groups excluding tert-OH is 1. The van der Waals surface area contributed by atoms with Gasteiger partial charge in [-0.1, -0.05) is 25.7 Å². The lowest BCUT2D eigenvalue weighted by molar-refractivity contribution is -0.0873. The summed E-state index contributed by atoms with van der Waals surface area (Å²) < 4.78 is 0. The molecule has 10 heavy (non-hydrogen) atoms. The minimum Gasteiger partial charge on any atom is -0.368 e. The number of aliphatic hydroxyl groups is 2. The molecule has 1 fully saturated rings. The fourth-order valence-corrected chi connectivity index (χ4v) is 1.61. The predicted molar refractivity (Wildman–Crippen MR) is 39.4 cm³/mol. The third kappa shape index (κ3) is 2.27. The lowest BCUT2D eigenvalue weighted by Crippen LogP contribution is -2.18. The molecule has 1 rings (SSSR count). The molecule has 0 amide bonds. The maximum Gasteiger partial charge on any atom is 0.154 e. The maximum atomic E-state index is 8.86. The van der Waals surface area contributed by atoms with Gasteiger partial charge in [-0.3, -0.25) is 0 Å². The minimum absolute atomic E-state index is 0.155. The summed E-state index contributed by atoms with van der Waals surface area (Å²) in [5.74, 6) is 0.155. The van der Waals surface area contributed by atoms with Crippen molar-refractivity contribution in [2.24, 2.45) is 5.92 Å². The van der Waals surface area contributed by atoms with E-state index in [4.69, 9.17) is 10.2 Å². The lowest BCUT2D eigenvalue weighted by atomic mass is 10.0. The van der Waals surface area contributed by atoms with E-state index in [0.29, 0.717) is 0 Å². The van der Waals surface area contributed by atoms with Crippen LogP contribution in [0.5, 0.6) is 0 Å². The Morgan fingerprint density at radius 3 is 1.80 bits per heavy atom. The van der Waals surface area contributed by atoms with Crippen molar-refractivity contribution in [2.45, 2.75) is 44.8 Å². The zero-order chi connectivity index (χ0) is 7.40. The highest BCUT2D eigenvalue weighted by Crippen LogP contribution is 2.24. The van der Waals surface area contributed by atoms with Crippen LogP contribution in [0.3, 0.4) is 0 Å². The molecule has 60 valence electrons. The highest BCUT2D eigenvalue weighted by Gasteiger charge is 2.17. The standard InChI is InChI=1S/C8H16O2/c9-8(10)7-5-3-1-2-4-6-7/h7-10H,1-6H2. The van der Waals surface area contributed by atoms with Crippen LogP contribution < -0.4 is 0 Å². The highest BCUT2D eigenvalue weighted by molar-refractivity contribution is 4.65. The van der Waals surface area contributed by atoms with Gasteiger partial charge in [-0.2, -0.15) is 0 Å². The number of rotatable bonds is 1. The van der Waals surface area contributed by atoms with E-state index in [1.165, 1.54) is 25.7 Å². The molecular formula is C8H16O2. The van der Waals surface area contributed by atoms with Gasteiger partial charge >= 0.3 is 0 Å². The van der Waals surface area contributed by atoms with Gasteiger partial charge < -0.3 is 10.2 Å². The van der Waals surface area contributed by atoms with Gasteiger partial charge in [0.25, 0.3) is 0 Å². The molecule has 0 aromatic heterocycles. The Morgan fingerprint density at radius 2 is 1.40 bits per heavy atom. The van der Waals surface area contributed by atoms with Gasteiger partial charge in [-0.25, -0.2) is 0 Å². The van der Waals surface area contributed by atoms with Crippen LogP contribution in [0.15, 0.2) is 0 Å². The molecule has 0 unspecified atom stereocenters. The zero-order valence-electron chi connectivity index (χ0n) is 6.29. The summed E-state index contributed by atoms with van der Waals surface area (Å²) in [7, 11) is 0. The normalized spacial score (nSPS) is 23.1. The third-order valence-corrected chi connectivity index (χ3v) is 2.32. The summed E-state index contributed by atoms with van der Waals surface area (Å²) in [5.41, 5.74) is 0. The maximum absolute atomic E-state index is 8.86. The van der Waals surface area contributed by atoms with E-state index < -0.39 is 6.29 Å². The smallest absolute Gasteiger partial charge is 0.154 e. The Hall–Kier alpha value is -0.0800. The summed E-state index contributed by atoms with van der Waals surface area (Å²) in [6, 6.07) is 0. The summed E-state index contributed by atoms with van der Waals surface area (Å²) in [5, 5.41) is 17.7. The van der Waals surface area contributed by atoms with E-state index >= 15 is 0 Å². The Balaban J connectivity index is 2.28. The SMILES string of the molecule is OC(O)C1CCCCCC1. The molecule has 2 N–H and O–H groups in total. The van der Waals surface area contributed by atoms with Crippen molar-refractivity contribution in [3.63, 3.8) is 0 Å². The summed E-state index contributed by atoms with van der Waals surface area (Å²) >= 11 is 0. The van der Waals surface area contributed by atoms with Crippen molar-refractivity contribution in [1.29, 1.82) is 0 Å². The van der Waals surface area contributed by atoms with Gasteiger partial charge in [0, 0.05) is 5.92 Å². The second kappa shape index (κ2) is 3.94. The quantitative estimate of drug-likeness (QED) is 0.430. The fraction of sp³-hybridized carbons (Fsp3) is 1.00. The van der Waals surface area contributed by atoms with Crippen LogP contribution in [0.25, 0.3) is 0 Å². The van der Waals surface area contributed by atoms with Crippen LogP contribution in [0.1, 0.15) is 38.5 Å². The molecule has 0 aromatic rings. The first-order valence-corrected chi connectivity index (χ1v) is 4.17. The first-order valence-electron chi connectivity index (χ1n) is 4.17. The molecule has 0 aliphatic heterocycles. The molecule has 2 nitrogen and oxygen atoms in total. The van der Waals surface area contributed by atoms with Crippen LogP contribution >= 0.6 is 0 Å². The third-order valence-electron chi connectivity index (χ3n) is 2.32. The van der Waals surface area contributed by atoms with Gasteiger partial charge in [0.15, 0.2) is 6.29 Å². The van der Waals surface area contributed by atoms with Gasteiger partial charge in [-0.05, 0) is 12.8 Å². The van der Waals surface area contributed by atoms with Crippen LogP contribution in [0, 0.1) is 5.92 Å². The Morgan fingerprint density at radius 1 is 0.900 bits per heavy atom. The van der Waals surface area contributed by atoms with E-state index in [1.807, 2.05) is 0 Å². The predicted octanol–water partition coefficient (Wildman–Crippen LogP) is 1.27. The summed E-state index contributed by atoms with van der Waals surface area (Å²) in [6.45, 7) is 0. The van der Waals surface area contributed by atoms with Crippen LogP contribution in [-0.2, 0) is 0 Å².